The van der Waals surface area contributed by atoms with Gasteiger partial charge in [0.15, 0.2) is 11.5 Å². The molecule has 1 heterocycles. The van der Waals surface area contributed by atoms with Gasteiger partial charge in [-0.3, -0.25) is 4.90 Å². The highest BCUT2D eigenvalue weighted by Gasteiger charge is 2.37. The lowest BCUT2D eigenvalue weighted by molar-refractivity contribution is -0.139. The maximum Gasteiger partial charge on any atom is 0.387 e. The van der Waals surface area contributed by atoms with Crippen LogP contribution in [0.1, 0.15) is 39.3 Å². The molecule has 2 amide bonds. The molecule has 7 nitrogen and oxygen atoms in total. The van der Waals surface area contributed by atoms with Gasteiger partial charge in [0.05, 0.1) is 25.3 Å². The smallest absolute Gasteiger partial charge is 0.387 e. The van der Waals surface area contributed by atoms with E-state index in [1.807, 2.05) is 13.8 Å². The van der Waals surface area contributed by atoms with Crippen LogP contribution in [0.4, 0.5) is 13.6 Å². The minimum atomic E-state index is -3.05. The topological polar surface area (TPSA) is 77.1 Å². The van der Waals surface area contributed by atoms with Crippen molar-refractivity contribution in [2.45, 2.75) is 46.4 Å². The van der Waals surface area contributed by atoms with E-state index in [9.17, 15) is 18.4 Å². The second-order valence-electron chi connectivity index (χ2n) is 6.35. The summed E-state index contributed by atoms with van der Waals surface area (Å²) in [7, 11) is 1.32. The molecule has 0 fully saturated rings. The van der Waals surface area contributed by atoms with E-state index in [2.05, 4.69) is 10.1 Å². The van der Waals surface area contributed by atoms with Crippen molar-refractivity contribution < 1.29 is 32.6 Å². The Kier molecular flexibility index (Phi) is 6.82. The zero-order valence-electron chi connectivity index (χ0n) is 16.4. The average Bonchev–Trinajstić information content (AvgIpc) is 2.60. The Morgan fingerprint density at radius 3 is 2.50 bits per heavy atom. The molecule has 1 aromatic carbocycles. The van der Waals surface area contributed by atoms with E-state index in [0.29, 0.717) is 11.3 Å². The minimum Gasteiger partial charge on any atom is -0.493 e. The van der Waals surface area contributed by atoms with Crippen molar-refractivity contribution in [3.8, 4) is 11.5 Å². The van der Waals surface area contributed by atoms with E-state index in [-0.39, 0.29) is 29.7 Å². The van der Waals surface area contributed by atoms with Crippen LogP contribution in [-0.2, 0) is 9.53 Å². The van der Waals surface area contributed by atoms with Crippen LogP contribution in [0.3, 0.4) is 0 Å². The van der Waals surface area contributed by atoms with Crippen LogP contribution < -0.4 is 14.8 Å². The van der Waals surface area contributed by atoms with Crippen LogP contribution >= 0.6 is 0 Å². The van der Waals surface area contributed by atoms with Gasteiger partial charge in [0.25, 0.3) is 0 Å². The number of methoxy groups -OCH3 is 1. The lowest BCUT2D eigenvalue weighted by atomic mass is 9.94. The normalized spacial score (nSPS) is 17.1. The maximum atomic E-state index is 12.7. The van der Waals surface area contributed by atoms with Crippen LogP contribution in [0, 0.1) is 0 Å². The van der Waals surface area contributed by atoms with Crippen LogP contribution in [-0.4, -0.2) is 43.3 Å². The fourth-order valence-electron chi connectivity index (χ4n) is 3.16. The van der Waals surface area contributed by atoms with Crippen molar-refractivity contribution in [1.29, 1.82) is 0 Å². The predicted octanol–water partition coefficient (Wildman–Crippen LogP) is 3.61. The third-order valence-electron chi connectivity index (χ3n) is 4.28. The number of hydrogen-bond donors (Lipinski definition) is 1. The molecule has 2 rings (SSSR count). The van der Waals surface area contributed by atoms with Crippen molar-refractivity contribution in [3.05, 3.63) is 35.0 Å². The number of carbonyl (C=O) groups is 2. The molecule has 0 aliphatic carbocycles. The summed E-state index contributed by atoms with van der Waals surface area (Å²) in [5, 5.41) is 2.75. The number of carbonyl (C=O) groups excluding carboxylic acids is 2. The molecule has 1 aliphatic heterocycles. The predicted molar refractivity (Wildman–Crippen MR) is 97.2 cm³/mol. The lowest BCUT2D eigenvalue weighted by Crippen LogP contribution is -2.50. The number of halogens is 2. The molecule has 28 heavy (non-hydrogen) atoms. The first-order valence-electron chi connectivity index (χ1n) is 8.81. The number of nitrogens with one attached hydrogen (secondary N) is 1. The fraction of sp³-hybridized carbons (Fsp3) is 0.474. The zero-order valence-corrected chi connectivity index (χ0v) is 16.4. The summed E-state index contributed by atoms with van der Waals surface area (Å²) in [6.07, 6.45) is 0. The number of allylic oxidation sites excluding steroid dienone is 1. The molecule has 154 valence electrons. The van der Waals surface area contributed by atoms with Crippen LogP contribution in [0.5, 0.6) is 11.5 Å². The molecule has 0 radical (unpaired) electrons. The third-order valence-corrected chi connectivity index (χ3v) is 4.28. The third kappa shape index (κ3) is 4.35. The molecule has 9 heteroatoms. The largest absolute Gasteiger partial charge is 0.493 e. The maximum absolute atomic E-state index is 12.7. The summed E-state index contributed by atoms with van der Waals surface area (Å²) >= 11 is 0. The molecule has 0 aromatic heterocycles. The summed E-state index contributed by atoms with van der Waals surface area (Å²) in [6, 6.07) is 2.84. The second-order valence-corrected chi connectivity index (χ2v) is 6.35. The van der Waals surface area contributed by atoms with Crippen molar-refractivity contribution in [2.75, 3.05) is 13.7 Å². The molecule has 0 saturated carbocycles. The fourth-order valence-corrected chi connectivity index (χ4v) is 3.16. The molecular formula is C19H24F2N2O5. The number of benzene rings is 1. The van der Waals surface area contributed by atoms with Gasteiger partial charge in [-0.15, -0.1) is 0 Å². The standard InChI is InChI=1S/C19H24F2N2O5/c1-6-27-17(24)15-11(4)23(10(2)3)19(25)22-16(15)12-7-8-13(26-5)14(9-12)28-18(20)21/h7-10,16,18H,6H2,1-5H3,(H,22,25)/t16-/m1/s1. The summed E-state index contributed by atoms with van der Waals surface area (Å²) in [5.74, 6) is -0.687. The Morgan fingerprint density at radius 2 is 1.96 bits per heavy atom. The molecule has 0 bridgehead atoms. The molecular weight excluding hydrogens is 374 g/mol. The molecule has 1 N–H and O–H groups in total. The van der Waals surface area contributed by atoms with Crippen molar-refractivity contribution in [3.63, 3.8) is 0 Å². The van der Waals surface area contributed by atoms with Gasteiger partial charge in [-0.2, -0.15) is 8.78 Å². The number of esters is 1. The van der Waals surface area contributed by atoms with Gasteiger partial charge in [-0.05, 0) is 45.4 Å². The highest BCUT2D eigenvalue weighted by atomic mass is 19.3. The number of alkyl halides is 2. The van der Waals surface area contributed by atoms with E-state index < -0.39 is 24.7 Å². The summed E-state index contributed by atoms with van der Waals surface area (Å²) in [5.41, 5.74) is 1.05. The first-order chi connectivity index (χ1) is 13.2. The number of ether oxygens (including phenoxy) is 3. The Morgan fingerprint density at radius 1 is 1.29 bits per heavy atom. The minimum absolute atomic E-state index is 0.105. The summed E-state index contributed by atoms with van der Waals surface area (Å²) in [6.45, 7) is 4.05. The number of nitrogens with zero attached hydrogens (tertiary/aromatic N) is 1. The summed E-state index contributed by atoms with van der Waals surface area (Å²) < 4.78 is 40.2. The molecule has 1 aromatic rings. The molecule has 0 unspecified atom stereocenters. The van der Waals surface area contributed by atoms with Crippen molar-refractivity contribution >= 4 is 12.0 Å². The Labute approximate surface area is 162 Å². The SMILES string of the molecule is CCOC(=O)C1=C(C)N(C(C)C)C(=O)N[C@@H]1c1ccc(OC)c(OC(F)F)c1. The molecule has 0 spiro atoms. The molecule has 1 aliphatic rings. The quantitative estimate of drug-likeness (QED) is 0.710. The first-order valence-corrected chi connectivity index (χ1v) is 8.81. The Hall–Kier alpha value is -2.84. The van der Waals surface area contributed by atoms with Crippen LogP contribution in [0.25, 0.3) is 0 Å². The van der Waals surface area contributed by atoms with E-state index in [4.69, 9.17) is 9.47 Å². The monoisotopic (exact) mass is 398 g/mol. The Balaban J connectivity index is 2.58. The number of rotatable bonds is 7. The van der Waals surface area contributed by atoms with Gasteiger partial charge in [0, 0.05) is 11.7 Å². The van der Waals surface area contributed by atoms with Crippen LogP contribution in [0.15, 0.2) is 29.5 Å². The van der Waals surface area contributed by atoms with E-state index in [0.717, 1.165) is 0 Å². The summed E-state index contributed by atoms with van der Waals surface area (Å²) in [4.78, 5) is 26.7. The molecule has 0 saturated heterocycles. The van der Waals surface area contributed by atoms with Crippen molar-refractivity contribution in [2.24, 2.45) is 0 Å². The van der Waals surface area contributed by atoms with Gasteiger partial charge < -0.3 is 19.5 Å². The van der Waals surface area contributed by atoms with E-state index in [1.165, 1.54) is 24.1 Å². The van der Waals surface area contributed by atoms with E-state index >= 15 is 0 Å². The van der Waals surface area contributed by atoms with Crippen LogP contribution in [0.2, 0.25) is 0 Å². The van der Waals surface area contributed by atoms with Gasteiger partial charge in [-0.25, -0.2) is 9.59 Å². The number of amides is 2. The Bertz CT molecular complexity index is 780. The van der Waals surface area contributed by atoms with Gasteiger partial charge in [0.1, 0.15) is 0 Å². The number of urea groups is 1. The van der Waals surface area contributed by atoms with Gasteiger partial charge >= 0.3 is 18.6 Å². The first kappa shape index (κ1) is 21.5. The lowest BCUT2D eigenvalue weighted by Gasteiger charge is -2.37. The molecule has 1 atom stereocenters. The second kappa shape index (κ2) is 8.90. The zero-order chi connectivity index (χ0) is 21.0. The average molecular weight is 398 g/mol. The van der Waals surface area contributed by atoms with E-state index in [1.54, 1.807) is 19.9 Å². The van der Waals surface area contributed by atoms with Gasteiger partial charge in [-0.1, -0.05) is 6.07 Å². The highest BCUT2D eigenvalue weighted by Crippen LogP contribution is 2.37. The highest BCUT2D eigenvalue weighted by molar-refractivity contribution is 5.95. The number of hydrogen-bond acceptors (Lipinski definition) is 5. The van der Waals surface area contributed by atoms with Crippen molar-refractivity contribution in [1.82, 2.24) is 10.2 Å². The van der Waals surface area contributed by atoms with Gasteiger partial charge in [0.2, 0.25) is 0 Å².